The minimum absolute atomic E-state index is 0.299. The Labute approximate surface area is 144 Å². The Hall–Kier alpha value is -3.03. The Bertz CT molecular complexity index is 889. The summed E-state index contributed by atoms with van der Waals surface area (Å²) in [5, 5.41) is 14.4. The molecule has 1 aliphatic carbocycles. The average molecular weight is 340 g/mol. The highest BCUT2D eigenvalue weighted by atomic mass is 16.3. The van der Waals surface area contributed by atoms with Crippen LogP contribution < -0.4 is 10.6 Å². The van der Waals surface area contributed by atoms with Gasteiger partial charge in [-0.2, -0.15) is 10.2 Å². The van der Waals surface area contributed by atoms with Gasteiger partial charge in [0.2, 0.25) is 0 Å². The van der Waals surface area contributed by atoms with Crippen molar-refractivity contribution in [3.8, 4) is 11.5 Å². The van der Waals surface area contributed by atoms with Crippen molar-refractivity contribution in [3.63, 3.8) is 0 Å². The average Bonchev–Trinajstić information content (AvgIpc) is 2.98. The van der Waals surface area contributed by atoms with Gasteiger partial charge in [-0.05, 0) is 31.0 Å². The van der Waals surface area contributed by atoms with E-state index in [0.29, 0.717) is 29.7 Å². The molecule has 4 rings (SSSR count). The van der Waals surface area contributed by atoms with Crippen LogP contribution in [0.2, 0.25) is 0 Å². The van der Waals surface area contributed by atoms with Crippen molar-refractivity contribution < 1.29 is 9.21 Å². The number of carbonyl (C=O) groups excluding carboxylic acids is 1. The van der Waals surface area contributed by atoms with E-state index in [-0.39, 0.29) is 6.03 Å². The molecule has 8 nitrogen and oxygen atoms in total. The first kappa shape index (κ1) is 15.5. The van der Waals surface area contributed by atoms with E-state index in [0.717, 1.165) is 5.69 Å². The molecular weight excluding hydrogens is 320 g/mol. The molecule has 3 aromatic heterocycles. The lowest BCUT2D eigenvalue weighted by Gasteiger charge is -2.06. The fourth-order valence-electron chi connectivity index (χ4n) is 2.85. The molecule has 130 valence electrons. The van der Waals surface area contributed by atoms with Gasteiger partial charge in [-0.15, -0.1) is 0 Å². The third-order valence-electron chi connectivity index (χ3n) is 4.29. The SMILES string of the molecule is Cn1nc(-c2ccco2)cc1NC(=O)NCc1cc(C2CC2)n(C)n1. The second kappa shape index (κ2) is 6.12. The van der Waals surface area contributed by atoms with Gasteiger partial charge in [0.1, 0.15) is 11.5 Å². The van der Waals surface area contributed by atoms with E-state index in [2.05, 4.69) is 26.9 Å². The molecule has 1 fully saturated rings. The molecule has 0 saturated heterocycles. The van der Waals surface area contributed by atoms with Gasteiger partial charge in [0.05, 0.1) is 18.5 Å². The van der Waals surface area contributed by atoms with Crippen LogP contribution in [0.5, 0.6) is 0 Å². The van der Waals surface area contributed by atoms with Gasteiger partial charge < -0.3 is 9.73 Å². The summed E-state index contributed by atoms with van der Waals surface area (Å²) in [5.74, 6) is 1.88. The van der Waals surface area contributed by atoms with E-state index >= 15 is 0 Å². The Morgan fingerprint density at radius 2 is 2.12 bits per heavy atom. The first-order valence-corrected chi connectivity index (χ1v) is 8.26. The number of urea groups is 1. The van der Waals surface area contributed by atoms with Gasteiger partial charge in [0.25, 0.3) is 0 Å². The molecule has 8 heteroatoms. The fourth-order valence-corrected chi connectivity index (χ4v) is 2.85. The molecule has 25 heavy (non-hydrogen) atoms. The van der Waals surface area contributed by atoms with Crippen LogP contribution in [-0.2, 0) is 20.6 Å². The van der Waals surface area contributed by atoms with Crippen molar-refractivity contribution in [1.82, 2.24) is 24.9 Å². The fraction of sp³-hybridized carbons (Fsp3) is 0.353. The van der Waals surface area contributed by atoms with Crippen molar-refractivity contribution in [3.05, 3.63) is 41.9 Å². The number of aromatic nitrogens is 4. The smallest absolute Gasteiger partial charge is 0.320 e. The maximum absolute atomic E-state index is 12.2. The lowest BCUT2D eigenvalue weighted by molar-refractivity contribution is 0.251. The van der Waals surface area contributed by atoms with Crippen LogP contribution >= 0.6 is 0 Å². The minimum Gasteiger partial charge on any atom is -0.463 e. The van der Waals surface area contributed by atoms with E-state index in [1.165, 1.54) is 18.5 Å². The molecule has 0 atom stereocenters. The largest absolute Gasteiger partial charge is 0.463 e. The highest BCUT2D eigenvalue weighted by molar-refractivity contribution is 5.88. The number of aryl methyl sites for hydroxylation is 2. The number of hydrogen-bond donors (Lipinski definition) is 2. The molecule has 0 spiro atoms. The lowest BCUT2D eigenvalue weighted by Crippen LogP contribution is -2.29. The Morgan fingerprint density at radius 1 is 1.28 bits per heavy atom. The summed E-state index contributed by atoms with van der Waals surface area (Å²) in [4.78, 5) is 12.2. The van der Waals surface area contributed by atoms with Crippen molar-refractivity contribution in [2.75, 3.05) is 5.32 Å². The molecule has 3 aromatic rings. The molecular formula is C17H20N6O2. The number of furan rings is 1. The molecule has 0 bridgehead atoms. The van der Waals surface area contributed by atoms with Crippen LogP contribution in [0.1, 0.15) is 30.1 Å². The number of carbonyl (C=O) groups is 1. The van der Waals surface area contributed by atoms with Crippen molar-refractivity contribution in [2.45, 2.75) is 25.3 Å². The molecule has 0 radical (unpaired) electrons. The molecule has 2 N–H and O–H groups in total. The van der Waals surface area contributed by atoms with Crippen LogP contribution in [0.25, 0.3) is 11.5 Å². The van der Waals surface area contributed by atoms with E-state index in [4.69, 9.17) is 4.42 Å². The van der Waals surface area contributed by atoms with Crippen LogP contribution in [-0.4, -0.2) is 25.6 Å². The molecule has 0 aromatic carbocycles. The summed E-state index contributed by atoms with van der Waals surface area (Å²) in [7, 11) is 3.71. The Morgan fingerprint density at radius 3 is 2.84 bits per heavy atom. The minimum atomic E-state index is -0.299. The second-order valence-electron chi connectivity index (χ2n) is 6.28. The zero-order valence-electron chi connectivity index (χ0n) is 14.2. The zero-order valence-corrected chi connectivity index (χ0v) is 14.2. The molecule has 2 amide bonds. The third-order valence-corrected chi connectivity index (χ3v) is 4.29. The topological polar surface area (TPSA) is 89.9 Å². The zero-order chi connectivity index (χ0) is 17.4. The number of nitrogens with one attached hydrogen (secondary N) is 2. The van der Waals surface area contributed by atoms with Gasteiger partial charge in [0.15, 0.2) is 5.76 Å². The first-order valence-electron chi connectivity index (χ1n) is 8.26. The highest BCUT2D eigenvalue weighted by Crippen LogP contribution is 2.39. The Balaban J connectivity index is 1.37. The predicted molar refractivity (Wildman–Crippen MR) is 92.0 cm³/mol. The van der Waals surface area contributed by atoms with E-state index in [1.807, 2.05) is 17.8 Å². The molecule has 0 unspecified atom stereocenters. The van der Waals surface area contributed by atoms with Gasteiger partial charge >= 0.3 is 6.03 Å². The standard InChI is InChI=1S/C17H20N6O2/c1-22-14(11-5-6-11)8-12(20-22)10-18-17(24)19-16-9-13(21-23(16)2)15-4-3-7-25-15/h3-4,7-9,11H,5-6,10H2,1-2H3,(H2,18,19,24). The Kier molecular flexibility index (Phi) is 3.79. The van der Waals surface area contributed by atoms with Crippen molar-refractivity contribution in [1.29, 1.82) is 0 Å². The van der Waals surface area contributed by atoms with Crippen LogP contribution in [0.15, 0.2) is 34.9 Å². The van der Waals surface area contributed by atoms with E-state index < -0.39 is 0 Å². The van der Waals surface area contributed by atoms with Crippen LogP contribution in [0.4, 0.5) is 10.6 Å². The number of rotatable bonds is 5. The summed E-state index contributed by atoms with van der Waals surface area (Å²) in [6.07, 6.45) is 4.04. The molecule has 1 saturated carbocycles. The lowest BCUT2D eigenvalue weighted by atomic mass is 10.2. The number of nitrogens with zero attached hydrogens (tertiary/aromatic N) is 4. The number of anilines is 1. The predicted octanol–water partition coefficient (Wildman–Crippen LogP) is 2.61. The van der Waals surface area contributed by atoms with Gasteiger partial charge in [0, 0.05) is 31.8 Å². The van der Waals surface area contributed by atoms with Crippen molar-refractivity contribution in [2.24, 2.45) is 14.1 Å². The number of amides is 2. The van der Waals surface area contributed by atoms with Gasteiger partial charge in [-0.1, -0.05) is 0 Å². The van der Waals surface area contributed by atoms with E-state index in [1.54, 1.807) is 30.1 Å². The second-order valence-corrected chi connectivity index (χ2v) is 6.28. The quantitative estimate of drug-likeness (QED) is 0.747. The van der Waals surface area contributed by atoms with Gasteiger partial charge in [-0.3, -0.25) is 14.7 Å². The van der Waals surface area contributed by atoms with Crippen LogP contribution in [0, 0.1) is 0 Å². The summed E-state index contributed by atoms with van der Waals surface area (Å²) < 4.78 is 8.83. The molecule has 3 heterocycles. The highest BCUT2D eigenvalue weighted by Gasteiger charge is 2.27. The number of hydrogen-bond acceptors (Lipinski definition) is 4. The monoisotopic (exact) mass is 340 g/mol. The first-order chi connectivity index (χ1) is 12.1. The third kappa shape index (κ3) is 3.28. The summed E-state index contributed by atoms with van der Waals surface area (Å²) in [5.41, 5.74) is 2.77. The van der Waals surface area contributed by atoms with Crippen molar-refractivity contribution >= 4 is 11.8 Å². The van der Waals surface area contributed by atoms with Gasteiger partial charge in [-0.25, -0.2) is 4.79 Å². The normalized spacial score (nSPS) is 13.8. The maximum Gasteiger partial charge on any atom is 0.320 e. The molecule has 1 aliphatic rings. The van der Waals surface area contributed by atoms with E-state index in [9.17, 15) is 4.79 Å². The van der Waals surface area contributed by atoms with Crippen LogP contribution in [0.3, 0.4) is 0 Å². The maximum atomic E-state index is 12.2. The molecule has 0 aliphatic heterocycles. The summed E-state index contributed by atoms with van der Waals surface area (Å²) in [6.45, 7) is 0.384. The summed E-state index contributed by atoms with van der Waals surface area (Å²) in [6, 6.07) is 7.16. The summed E-state index contributed by atoms with van der Waals surface area (Å²) >= 11 is 0.